The van der Waals surface area contributed by atoms with Crippen LogP contribution in [0.5, 0.6) is 0 Å². The van der Waals surface area contributed by atoms with Crippen molar-refractivity contribution >= 4 is 17.6 Å². The molecule has 3 heteroatoms. The smallest absolute Gasteiger partial charge is 0.307 e. The van der Waals surface area contributed by atoms with Gasteiger partial charge in [0.15, 0.2) is 0 Å². The van der Waals surface area contributed by atoms with Crippen molar-refractivity contribution in [1.29, 1.82) is 0 Å². The van der Waals surface area contributed by atoms with Crippen LogP contribution in [-0.4, -0.2) is 11.1 Å². The number of rotatable bonds is 4. The summed E-state index contributed by atoms with van der Waals surface area (Å²) in [6, 6.07) is 0. The zero-order valence-electron chi connectivity index (χ0n) is 7.67. The first-order valence-corrected chi connectivity index (χ1v) is 4.38. The molecular weight excluding hydrogens is 176 g/mol. The maximum Gasteiger partial charge on any atom is 0.307 e. The Kier molecular flexibility index (Phi) is 4.98. The lowest BCUT2D eigenvalue weighted by Gasteiger charge is -2.13. The highest BCUT2D eigenvalue weighted by atomic mass is 35.5. The first-order chi connectivity index (χ1) is 5.45. The quantitative estimate of drug-likeness (QED) is 0.740. The van der Waals surface area contributed by atoms with E-state index in [0.29, 0.717) is 11.5 Å². The summed E-state index contributed by atoms with van der Waals surface area (Å²) in [4.78, 5) is 10.7. The molecule has 2 nitrogen and oxygen atoms in total. The van der Waals surface area contributed by atoms with Gasteiger partial charge in [-0.3, -0.25) is 4.79 Å². The van der Waals surface area contributed by atoms with Gasteiger partial charge in [-0.05, 0) is 19.3 Å². The van der Waals surface area contributed by atoms with E-state index in [-0.39, 0.29) is 11.8 Å². The minimum absolute atomic E-state index is 0.148. The van der Waals surface area contributed by atoms with Crippen LogP contribution in [0.2, 0.25) is 0 Å². The summed E-state index contributed by atoms with van der Waals surface area (Å²) in [5.41, 5.74) is 0. The molecule has 0 rings (SSSR count). The van der Waals surface area contributed by atoms with Gasteiger partial charge in [0.2, 0.25) is 0 Å². The van der Waals surface area contributed by atoms with Crippen LogP contribution in [0.25, 0.3) is 0 Å². The molecule has 0 saturated heterocycles. The van der Waals surface area contributed by atoms with Crippen LogP contribution < -0.4 is 0 Å². The van der Waals surface area contributed by atoms with Crippen molar-refractivity contribution in [1.82, 2.24) is 0 Å². The van der Waals surface area contributed by atoms with Crippen molar-refractivity contribution in [2.75, 3.05) is 0 Å². The fourth-order valence-electron chi connectivity index (χ4n) is 0.947. The lowest BCUT2D eigenvalue weighted by molar-refractivity contribution is -0.143. The number of carboxylic acids is 1. The molecule has 1 atom stereocenters. The van der Waals surface area contributed by atoms with E-state index in [1.165, 1.54) is 0 Å². The van der Waals surface area contributed by atoms with E-state index in [2.05, 4.69) is 0 Å². The molecule has 0 aromatic rings. The van der Waals surface area contributed by atoms with Gasteiger partial charge in [-0.15, -0.1) is 0 Å². The maximum absolute atomic E-state index is 10.7. The summed E-state index contributed by atoms with van der Waals surface area (Å²) >= 11 is 5.60. The van der Waals surface area contributed by atoms with Gasteiger partial charge in [-0.1, -0.05) is 31.5 Å². The number of hydrogen-bond acceptors (Lipinski definition) is 1. The monoisotopic (exact) mass is 190 g/mol. The third-order valence-electron chi connectivity index (χ3n) is 1.77. The van der Waals surface area contributed by atoms with Gasteiger partial charge in [0, 0.05) is 5.03 Å². The van der Waals surface area contributed by atoms with Crippen LogP contribution in [0.15, 0.2) is 11.1 Å². The van der Waals surface area contributed by atoms with Gasteiger partial charge >= 0.3 is 5.97 Å². The van der Waals surface area contributed by atoms with Crippen molar-refractivity contribution < 1.29 is 9.90 Å². The Morgan fingerprint density at radius 2 is 2.08 bits per heavy atom. The van der Waals surface area contributed by atoms with Crippen LogP contribution in [0, 0.1) is 11.8 Å². The third kappa shape index (κ3) is 4.39. The van der Waals surface area contributed by atoms with Crippen LogP contribution in [-0.2, 0) is 4.79 Å². The van der Waals surface area contributed by atoms with Gasteiger partial charge in [0.25, 0.3) is 0 Å². The largest absolute Gasteiger partial charge is 0.481 e. The summed E-state index contributed by atoms with van der Waals surface area (Å²) in [6.07, 6.45) is 2.27. The predicted molar refractivity (Wildman–Crippen MR) is 50.2 cm³/mol. The van der Waals surface area contributed by atoms with Crippen molar-refractivity contribution in [3.05, 3.63) is 11.1 Å². The van der Waals surface area contributed by atoms with Gasteiger partial charge in [0.05, 0.1) is 5.92 Å². The Hall–Kier alpha value is -0.500. The minimum Gasteiger partial charge on any atom is -0.481 e. The average Bonchev–Trinajstić information content (AvgIpc) is 1.84. The summed E-state index contributed by atoms with van der Waals surface area (Å²) in [5, 5.41) is 9.44. The number of hydrogen-bond donors (Lipinski definition) is 1. The fourth-order valence-corrected chi connectivity index (χ4v) is 1.04. The summed E-state index contributed by atoms with van der Waals surface area (Å²) in [7, 11) is 0. The van der Waals surface area contributed by atoms with Crippen LogP contribution in [0.1, 0.15) is 27.2 Å². The number of carbonyl (C=O) groups is 1. The Balaban J connectivity index is 4.15. The van der Waals surface area contributed by atoms with E-state index in [1.54, 1.807) is 13.0 Å². The second-order valence-corrected chi connectivity index (χ2v) is 3.81. The van der Waals surface area contributed by atoms with Crippen molar-refractivity contribution in [2.24, 2.45) is 11.8 Å². The van der Waals surface area contributed by atoms with Crippen molar-refractivity contribution in [3.8, 4) is 0 Å². The molecule has 1 unspecified atom stereocenters. The molecule has 0 saturated carbocycles. The SMILES string of the molecule is CC(Cl)=CCC(C(=O)O)C(C)C. The normalized spacial score (nSPS) is 14.9. The molecule has 0 aromatic heterocycles. The number of halogens is 1. The van der Waals surface area contributed by atoms with Gasteiger partial charge in [0.1, 0.15) is 0 Å². The zero-order chi connectivity index (χ0) is 9.72. The molecule has 0 fully saturated rings. The predicted octanol–water partition coefficient (Wildman–Crippen LogP) is 2.88. The Labute approximate surface area is 78.2 Å². The first kappa shape index (κ1) is 11.5. The standard InChI is InChI=1S/C9H15ClO2/c1-6(2)8(9(11)12)5-4-7(3)10/h4,6,8H,5H2,1-3H3,(H,11,12). The Bertz CT molecular complexity index is 181. The second kappa shape index (κ2) is 5.20. The first-order valence-electron chi connectivity index (χ1n) is 4.00. The molecule has 0 bridgehead atoms. The molecule has 0 spiro atoms. The average molecular weight is 191 g/mol. The molecule has 70 valence electrons. The number of carboxylic acid groups (broad SMARTS) is 1. The molecule has 0 aliphatic carbocycles. The van der Waals surface area contributed by atoms with Crippen LogP contribution >= 0.6 is 11.6 Å². The Morgan fingerprint density at radius 3 is 2.33 bits per heavy atom. The van der Waals surface area contributed by atoms with E-state index in [4.69, 9.17) is 16.7 Å². The lowest BCUT2D eigenvalue weighted by Crippen LogP contribution is -2.18. The summed E-state index contributed by atoms with van der Waals surface area (Å²) < 4.78 is 0. The third-order valence-corrected chi connectivity index (χ3v) is 1.93. The molecule has 0 aliphatic heterocycles. The zero-order valence-corrected chi connectivity index (χ0v) is 8.43. The minimum atomic E-state index is -0.751. The highest BCUT2D eigenvalue weighted by Gasteiger charge is 2.19. The van der Waals surface area contributed by atoms with Crippen LogP contribution in [0.3, 0.4) is 0 Å². The summed E-state index contributed by atoms with van der Waals surface area (Å²) in [5.74, 6) is -0.923. The molecule has 0 aromatic carbocycles. The van der Waals surface area contributed by atoms with Crippen molar-refractivity contribution in [3.63, 3.8) is 0 Å². The van der Waals surface area contributed by atoms with Gasteiger partial charge in [-0.2, -0.15) is 0 Å². The molecule has 0 radical (unpaired) electrons. The van der Waals surface area contributed by atoms with Gasteiger partial charge < -0.3 is 5.11 Å². The molecule has 0 heterocycles. The Morgan fingerprint density at radius 1 is 1.58 bits per heavy atom. The van der Waals surface area contributed by atoms with Gasteiger partial charge in [-0.25, -0.2) is 0 Å². The molecule has 1 N–H and O–H groups in total. The topological polar surface area (TPSA) is 37.3 Å². The van der Waals surface area contributed by atoms with Crippen LogP contribution in [0.4, 0.5) is 0 Å². The van der Waals surface area contributed by atoms with E-state index in [0.717, 1.165) is 0 Å². The summed E-state index contributed by atoms with van der Waals surface area (Å²) in [6.45, 7) is 5.55. The highest BCUT2D eigenvalue weighted by Crippen LogP contribution is 2.17. The number of aliphatic carboxylic acids is 1. The van der Waals surface area contributed by atoms with E-state index in [9.17, 15) is 4.79 Å². The second-order valence-electron chi connectivity index (χ2n) is 3.22. The fraction of sp³-hybridized carbons (Fsp3) is 0.667. The number of allylic oxidation sites excluding steroid dienone is 2. The molecule has 12 heavy (non-hydrogen) atoms. The maximum atomic E-state index is 10.7. The molecule has 0 amide bonds. The molecule has 0 aliphatic rings. The molecular formula is C9H15ClO2. The van der Waals surface area contributed by atoms with E-state index >= 15 is 0 Å². The van der Waals surface area contributed by atoms with E-state index < -0.39 is 5.97 Å². The highest BCUT2D eigenvalue weighted by molar-refractivity contribution is 6.29. The van der Waals surface area contributed by atoms with E-state index in [1.807, 2.05) is 13.8 Å². The lowest BCUT2D eigenvalue weighted by atomic mass is 9.93. The van der Waals surface area contributed by atoms with Crippen molar-refractivity contribution in [2.45, 2.75) is 27.2 Å².